The lowest BCUT2D eigenvalue weighted by molar-refractivity contribution is -0.129. The molecule has 0 aliphatic carbocycles. The van der Waals surface area contributed by atoms with Crippen molar-refractivity contribution in [2.75, 3.05) is 6.61 Å². The number of phenolic OH excluding ortho intramolecular Hbond substituents is 1. The highest BCUT2D eigenvalue weighted by Crippen LogP contribution is 2.27. The Labute approximate surface area is 167 Å². The van der Waals surface area contributed by atoms with Crippen LogP contribution in [0.15, 0.2) is 42.5 Å². The molecule has 0 fully saturated rings. The average molecular weight is 411 g/mol. The monoisotopic (exact) mass is 410 g/mol. The zero-order valence-corrected chi connectivity index (χ0v) is 16.0. The number of carbonyl (C=O) groups is 2. The van der Waals surface area contributed by atoms with E-state index in [2.05, 4.69) is 10.9 Å². The number of benzene rings is 2. The SMILES string of the molecule is O=C(CCCOc1ccc(Cl)cc1Cl)NNC(=O)CCc1ccccc1O. The topological polar surface area (TPSA) is 87.7 Å². The van der Waals surface area contributed by atoms with Gasteiger partial charge in [0.25, 0.3) is 0 Å². The third kappa shape index (κ3) is 7.37. The van der Waals surface area contributed by atoms with Crippen LogP contribution in [0.1, 0.15) is 24.8 Å². The summed E-state index contributed by atoms with van der Waals surface area (Å²) >= 11 is 11.8. The number of aryl methyl sites for hydroxylation is 1. The molecule has 8 heteroatoms. The van der Waals surface area contributed by atoms with Crippen LogP contribution >= 0.6 is 23.2 Å². The van der Waals surface area contributed by atoms with Crippen LogP contribution in [0.5, 0.6) is 11.5 Å². The van der Waals surface area contributed by atoms with E-state index in [-0.39, 0.29) is 30.4 Å². The number of hydrogen-bond donors (Lipinski definition) is 3. The first-order chi connectivity index (χ1) is 13.0. The minimum Gasteiger partial charge on any atom is -0.508 e. The first-order valence-electron chi connectivity index (χ1n) is 8.38. The van der Waals surface area contributed by atoms with Gasteiger partial charge in [0.05, 0.1) is 11.6 Å². The number of amides is 2. The number of nitrogens with one attached hydrogen (secondary N) is 2. The van der Waals surface area contributed by atoms with E-state index in [1.54, 1.807) is 42.5 Å². The van der Waals surface area contributed by atoms with E-state index < -0.39 is 0 Å². The highest BCUT2D eigenvalue weighted by Gasteiger charge is 2.08. The summed E-state index contributed by atoms with van der Waals surface area (Å²) in [7, 11) is 0. The van der Waals surface area contributed by atoms with Crippen molar-refractivity contribution >= 4 is 35.0 Å². The molecule has 0 atom stereocenters. The molecule has 27 heavy (non-hydrogen) atoms. The van der Waals surface area contributed by atoms with E-state index in [1.807, 2.05) is 0 Å². The molecule has 0 radical (unpaired) electrons. The molecule has 0 saturated heterocycles. The minimum absolute atomic E-state index is 0.148. The number of carbonyl (C=O) groups excluding carboxylic acids is 2. The van der Waals surface area contributed by atoms with E-state index in [0.29, 0.717) is 40.8 Å². The molecular formula is C19H20Cl2N2O4. The van der Waals surface area contributed by atoms with Crippen LogP contribution in [-0.4, -0.2) is 23.5 Å². The molecule has 3 N–H and O–H groups in total. The molecular weight excluding hydrogens is 391 g/mol. The highest BCUT2D eigenvalue weighted by molar-refractivity contribution is 6.35. The van der Waals surface area contributed by atoms with Crippen LogP contribution in [0.25, 0.3) is 0 Å². The Morgan fingerprint density at radius 2 is 1.70 bits per heavy atom. The number of halogens is 2. The summed E-state index contributed by atoms with van der Waals surface area (Å²) in [6.07, 6.45) is 1.17. The van der Waals surface area contributed by atoms with Crippen LogP contribution in [0.3, 0.4) is 0 Å². The van der Waals surface area contributed by atoms with Crippen molar-refractivity contribution in [1.29, 1.82) is 0 Å². The summed E-state index contributed by atoms with van der Waals surface area (Å²) in [5.41, 5.74) is 5.38. The van der Waals surface area contributed by atoms with Gasteiger partial charge in [0.1, 0.15) is 11.5 Å². The van der Waals surface area contributed by atoms with E-state index >= 15 is 0 Å². The van der Waals surface area contributed by atoms with Crippen LogP contribution in [0.4, 0.5) is 0 Å². The molecule has 0 spiro atoms. The van der Waals surface area contributed by atoms with Gasteiger partial charge in [0.15, 0.2) is 0 Å². The third-order valence-corrected chi connectivity index (χ3v) is 4.18. The minimum atomic E-state index is -0.337. The number of aromatic hydroxyl groups is 1. The number of hydrazine groups is 1. The molecule has 0 aliphatic rings. The predicted octanol–water partition coefficient (Wildman–Crippen LogP) is 3.64. The van der Waals surface area contributed by atoms with Crippen molar-refractivity contribution in [2.24, 2.45) is 0 Å². The number of para-hydroxylation sites is 1. The highest BCUT2D eigenvalue weighted by atomic mass is 35.5. The average Bonchev–Trinajstić information content (AvgIpc) is 2.64. The Morgan fingerprint density at radius 3 is 2.41 bits per heavy atom. The molecule has 2 rings (SSSR count). The molecule has 0 unspecified atom stereocenters. The second-order valence-electron chi connectivity index (χ2n) is 5.75. The van der Waals surface area contributed by atoms with Gasteiger partial charge in [-0.1, -0.05) is 41.4 Å². The molecule has 0 aromatic heterocycles. The normalized spacial score (nSPS) is 10.3. The lowest BCUT2D eigenvalue weighted by atomic mass is 10.1. The molecule has 0 heterocycles. The molecule has 144 valence electrons. The summed E-state index contributed by atoms with van der Waals surface area (Å²) in [5.74, 6) is -0.0124. The first kappa shape index (κ1) is 20.9. The van der Waals surface area contributed by atoms with Gasteiger partial charge in [0.2, 0.25) is 11.8 Å². The van der Waals surface area contributed by atoms with Gasteiger partial charge in [-0.05, 0) is 42.7 Å². The fraction of sp³-hybridized carbons (Fsp3) is 0.263. The molecule has 6 nitrogen and oxygen atoms in total. The lowest BCUT2D eigenvalue weighted by Gasteiger charge is -2.09. The zero-order valence-electron chi connectivity index (χ0n) is 14.5. The lowest BCUT2D eigenvalue weighted by Crippen LogP contribution is -2.41. The van der Waals surface area contributed by atoms with E-state index in [9.17, 15) is 14.7 Å². The second kappa shape index (κ2) is 10.6. The predicted molar refractivity (Wildman–Crippen MR) is 104 cm³/mol. The van der Waals surface area contributed by atoms with E-state index in [1.165, 1.54) is 0 Å². The van der Waals surface area contributed by atoms with Crippen molar-refractivity contribution in [1.82, 2.24) is 10.9 Å². The zero-order chi connectivity index (χ0) is 19.6. The molecule has 2 aromatic carbocycles. The number of ether oxygens (including phenoxy) is 1. The smallest absolute Gasteiger partial charge is 0.238 e. The third-order valence-electron chi connectivity index (χ3n) is 3.65. The van der Waals surface area contributed by atoms with Gasteiger partial charge in [-0.15, -0.1) is 0 Å². The van der Waals surface area contributed by atoms with Crippen LogP contribution in [0, 0.1) is 0 Å². The van der Waals surface area contributed by atoms with Crippen LogP contribution < -0.4 is 15.6 Å². The van der Waals surface area contributed by atoms with Crippen molar-refractivity contribution in [3.8, 4) is 11.5 Å². The van der Waals surface area contributed by atoms with E-state index in [0.717, 1.165) is 0 Å². The largest absolute Gasteiger partial charge is 0.508 e. The Hall–Kier alpha value is -2.44. The second-order valence-corrected chi connectivity index (χ2v) is 6.60. The Balaban J connectivity index is 1.60. The van der Waals surface area contributed by atoms with Gasteiger partial charge < -0.3 is 9.84 Å². The fourth-order valence-electron chi connectivity index (χ4n) is 2.24. The Kier molecular flexibility index (Phi) is 8.23. The maximum Gasteiger partial charge on any atom is 0.238 e. The molecule has 2 aromatic rings. The summed E-state index contributed by atoms with van der Waals surface area (Å²) in [6.45, 7) is 0.302. The van der Waals surface area contributed by atoms with Gasteiger partial charge in [-0.3, -0.25) is 20.4 Å². The van der Waals surface area contributed by atoms with Gasteiger partial charge in [-0.2, -0.15) is 0 Å². The molecule has 0 aliphatic heterocycles. The van der Waals surface area contributed by atoms with Crippen molar-refractivity contribution in [3.63, 3.8) is 0 Å². The molecule has 0 bridgehead atoms. The molecule has 0 saturated carbocycles. The quantitative estimate of drug-likeness (QED) is 0.457. The van der Waals surface area contributed by atoms with Crippen molar-refractivity contribution in [2.45, 2.75) is 25.7 Å². The van der Waals surface area contributed by atoms with E-state index in [4.69, 9.17) is 27.9 Å². The van der Waals surface area contributed by atoms with Gasteiger partial charge in [-0.25, -0.2) is 0 Å². The summed E-state index contributed by atoms with van der Waals surface area (Å²) < 4.78 is 5.48. The standard InChI is InChI=1S/C19H20Cl2N2O4/c20-14-8-9-17(15(21)12-14)27-11-3-6-18(25)22-23-19(26)10-7-13-4-1-2-5-16(13)24/h1-2,4-5,8-9,12,24H,3,6-7,10-11H2,(H,22,25)(H,23,26). The summed E-state index contributed by atoms with van der Waals surface area (Å²) in [5, 5.41) is 10.6. The van der Waals surface area contributed by atoms with Crippen LogP contribution in [0.2, 0.25) is 10.0 Å². The van der Waals surface area contributed by atoms with Crippen LogP contribution in [-0.2, 0) is 16.0 Å². The number of phenols is 1. The Bertz CT molecular complexity index is 799. The number of rotatable bonds is 8. The van der Waals surface area contributed by atoms with Crippen molar-refractivity contribution < 1.29 is 19.4 Å². The molecule has 2 amide bonds. The number of hydrogen-bond acceptors (Lipinski definition) is 4. The van der Waals surface area contributed by atoms with Crippen molar-refractivity contribution in [3.05, 3.63) is 58.1 Å². The van der Waals surface area contributed by atoms with Gasteiger partial charge in [0, 0.05) is 17.9 Å². The first-order valence-corrected chi connectivity index (χ1v) is 9.13. The summed E-state index contributed by atoms with van der Waals surface area (Å²) in [4.78, 5) is 23.5. The maximum absolute atomic E-state index is 11.8. The summed E-state index contributed by atoms with van der Waals surface area (Å²) in [6, 6.07) is 11.7. The maximum atomic E-state index is 11.8. The van der Waals surface area contributed by atoms with Gasteiger partial charge >= 0.3 is 0 Å². The fourth-order valence-corrected chi connectivity index (χ4v) is 2.71. The Morgan fingerprint density at radius 1 is 1.00 bits per heavy atom.